The normalized spacial score (nSPS) is 18.8. The predicted octanol–water partition coefficient (Wildman–Crippen LogP) is 5.65. The van der Waals surface area contributed by atoms with Crippen molar-refractivity contribution in [3.63, 3.8) is 0 Å². The Bertz CT molecular complexity index is 1520. The molecule has 3 rings (SSSR count). The SMILES string of the molecule is CC(C)C(=O)Nc1ccn([C@H]2C[C@H](OP(OCCC#N)N(C(C)C)C(C)C)[C@@H](COC(=O)OCC(C)c3ccccc3[N+](=O)[O-])O2)c(=O)n1. The molecule has 0 bridgehead atoms. The van der Waals surface area contributed by atoms with Crippen molar-refractivity contribution in [1.82, 2.24) is 14.2 Å². The number of benzene rings is 1. The molecule has 1 aliphatic heterocycles. The molecule has 2 aromatic rings. The number of ether oxygens (including phenoxy) is 3. The van der Waals surface area contributed by atoms with Crippen LogP contribution in [-0.4, -0.2) is 75.3 Å². The first-order valence-corrected chi connectivity index (χ1v) is 17.2. The number of nitrogens with one attached hydrogen (secondary N) is 1. The third kappa shape index (κ3) is 11.3. The van der Waals surface area contributed by atoms with E-state index in [1.807, 2.05) is 32.4 Å². The van der Waals surface area contributed by atoms with E-state index in [1.54, 1.807) is 39.0 Å². The number of nitrogens with zero attached hydrogens (tertiary/aromatic N) is 5. The lowest BCUT2D eigenvalue weighted by Crippen LogP contribution is -2.37. The molecule has 268 valence electrons. The van der Waals surface area contributed by atoms with Gasteiger partial charge in [0.2, 0.25) is 5.91 Å². The van der Waals surface area contributed by atoms with Gasteiger partial charge in [-0.1, -0.05) is 39.0 Å². The Labute approximate surface area is 286 Å². The van der Waals surface area contributed by atoms with Crippen LogP contribution in [0.15, 0.2) is 41.3 Å². The number of aromatic nitrogens is 2. The third-order valence-electron chi connectivity index (χ3n) is 7.47. The summed E-state index contributed by atoms with van der Waals surface area (Å²) in [6.45, 7) is 12.8. The minimum atomic E-state index is -1.72. The van der Waals surface area contributed by atoms with Crippen molar-refractivity contribution in [2.45, 2.75) is 97.7 Å². The lowest BCUT2D eigenvalue weighted by Gasteiger charge is -2.37. The summed E-state index contributed by atoms with van der Waals surface area (Å²) in [5, 5.41) is 23.1. The van der Waals surface area contributed by atoms with Crippen LogP contribution in [0.25, 0.3) is 0 Å². The van der Waals surface area contributed by atoms with Crippen LogP contribution in [0.3, 0.4) is 0 Å². The van der Waals surface area contributed by atoms with Crippen molar-refractivity contribution in [2.24, 2.45) is 5.92 Å². The Morgan fingerprint density at radius 2 is 1.86 bits per heavy atom. The van der Waals surface area contributed by atoms with E-state index < -0.39 is 49.6 Å². The second-order valence-electron chi connectivity index (χ2n) is 12.3. The summed E-state index contributed by atoms with van der Waals surface area (Å²) in [5.41, 5.74) is -0.342. The number of carbonyl (C=O) groups is 2. The summed E-state index contributed by atoms with van der Waals surface area (Å²) < 4.78 is 32.8. The Hall–Kier alpha value is -4.00. The summed E-state index contributed by atoms with van der Waals surface area (Å²) in [5.74, 6) is -0.991. The third-order valence-corrected chi connectivity index (χ3v) is 9.62. The van der Waals surface area contributed by atoms with Crippen LogP contribution < -0.4 is 11.0 Å². The molecule has 1 aromatic heterocycles. The van der Waals surface area contributed by atoms with Crippen molar-refractivity contribution >= 4 is 32.1 Å². The van der Waals surface area contributed by atoms with Crippen LogP contribution in [0, 0.1) is 27.4 Å². The molecule has 1 amide bonds. The quantitative estimate of drug-likeness (QED) is 0.0697. The van der Waals surface area contributed by atoms with Crippen LogP contribution in [0.1, 0.15) is 79.0 Å². The van der Waals surface area contributed by atoms with Gasteiger partial charge in [-0.25, -0.2) is 14.3 Å². The molecule has 1 fully saturated rings. The molecule has 16 nitrogen and oxygen atoms in total. The topological polar surface area (TPSA) is 197 Å². The van der Waals surface area contributed by atoms with Gasteiger partial charge in [0.15, 0.2) is 0 Å². The zero-order valence-electron chi connectivity index (χ0n) is 28.8. The van der Waals surface area contributed by atoms with E-state index in [4.69, 9.17) is 28.5 Å². The number of nitro groups is 1. The molecule has 0 radical (unpaired) electrons. The summed E-state index contributed by atoms with van der Waals surface area (Å²) in [6.07, 6.45) is -1.73. The monoisotopic (exact) mass is 704 g/mol. The maximum Gasteiger partial charge on any atom is 0.508 e. The average Bonchev–Trinajstić information content (AvgIpc) is 3.44. The minimum absolute atomic E-state index is 0.0128. The van der Waals surface area contributed by atoms with Gasteiger partial charge in [-0.3, -0.25) is 19.5 Å². The summed E-state index contributed by atoms with van der Waals surface area (Å²) in [7, 11) is -1.72. The molecular formula is C32H45N6O10P. The molecule has 0 saturated carbocycles. The maximum absolute atomic E-state index is 13.0. The largest absolute Gasteiger partial charge is 0.508 e. The van der Waals surface area contributed by atoms with Crippen molar-refractivity contribution in [2.75, 3.05) is 25.1 Å². The van der Waals surface area contributed by atoms with E-state index in [0.29, 0.717) is 5.56 Å². The van der Waals surface area contributed by atoms with Gasteiger partial charge in [0, 0.05) is 48.2 Å². The molecule has 2 heterocycles. The zero-order valence-corrected chi connectivity index (χ0v) is 29.7. The first-order chi connectivity index (χ1) is 23.2. The molecule has 2 unspecified atom stereocenters. The van der Waals surface area contributed by atoms with Crippen molar-refractivity contribution in [1.29, 1.82) is 5.26 Å². The average molecular weight is 705 g/mol. The molecule has 49 heavy (non-hydrogen) atoms. The molecular weight excluding hydrogens is 659 g/mol. The van der Waals surface area contributed by atoms with E-state index in [1.165, 1.54) is 22.9 Å². The number of para-hydroxylation sites is 1. The first kappa shape index (κ1) is 39.4. The van der Waals surface area contributed by atoms with Crippen LogP contribution in [0.5, 0.6) is 0 Å². The molecule has 1 aliphatic rings. The summed E-state index contributed by atoms with van der Waals surface area (Å²) in [4.78, 5) is 52.8. The second-order valence-corrected chi connectivity index (χ2v) is 13.7. The predicted molar refractivity (Wildman–Crippen MR) is 179 cm³/mol. The minimum Gasteiger partial charge on any atom is -0.434 e. The Morgan fingerprint density at radius 3 is 2.47 bits per heavy atom. The van der Waals surface area contributed by atoms with Crippen LogP contribution in [0.2, 0.25) is 0 Å². The number of nitro benzene ring substituents is 1. The van der Waals surface area contributed by atoms with Gasteiger partial charge in [0.25, 0.3) is 14.2 Å². The van der Waals surface area contributed by atoms with E-state index in [-0.39, 0.29) is 68.1 Å². The number of hydrogen-bond acceptors (Lipinski definition) is 13. The van der Waals surface area contributed by atoms with Crippen molar-refractivity contribution in [3.8, 4) is 6.07 Å². The maximum atomic E-state index is 13.0. The first-order valence-electron chi connectivity index (χ1n) is 16.1. The number of amides is 1. The van der Waals surface area contributed by atoms with E-state index in [0.717, 1.165) is 0 Å². The van der Waals surface area contributed by atoms with E-state index in [9.17, 15) is 24.5 Å². The summed E-state index contributed by atoms with van der Waals surface area (Å²) >= 11 is 0. The van der Waals surface area contributed by atoms with E-state index >= 15 is 0 Å². The smallest absolute Gasteiger partial charge is 0.434 e. The highest BCUT2D eigenvalue weighted by molar-refractivity contribution is 7.44. The van der Waals surface area contributed by atoms with Gasteiger partial charge in [-0.2, -0.15) is 10.2 Å². The van der Waals surface area contributed by atoms with Crippen LogP contribution >= 0.6 is 8.53 Å². The highest BCUT2D eigenvalue weighted by Crippen LogP contribution is 2.50. The fourth-order valence-electron chi connectivity index (χ4n) is 5.06. The Morgan fingerprint density at radius 1 is 1.16 bits per heavy atom. The Kier molecular flexibility index (Phi) is 15.0. The Balaban J connectivity index is 1.79. The van der Waals surface area contributed by atoms with Gasteiger partial charge in [0.1, 0.15) is 31.4 Å². The lowest BCUT2D eigenvalue weighted by atomic mass is 10.0. The van der Waals surface area contributed by atoms with Gasteiger partial charge >= 0.3 is 11.8 Å². The molecule has 0 aliphatic carbocycles. The van der Waals surface area contributed by atoms with Crippen molar-refractivity contribution in [3.05, 3.63) is 62.7 Å². The number of anilines is 1. The molecule has 1 N–H and O–H groups in total. The molecule has 0 spiro atoms. The van der Waals surface area contributed by atoms with Gasteiger partial charge in [0.05, 0.1) is 30.1 Å². The number of carbonyl (C=O) groups excluding carboxylic acids is 2. The number of hydrogen-bond donors (Lipinski definition) is 1. The van der Waals surface area contributed by atoms with Gasteiger partial charge < -0.3 is 28.6 Å². The fourth-order valence-corrected chi connectivity index (χ4v) is 6.82. The summed E-state index contributed by atoms with van der Waals surface area (Å²) in [6, 6.07) is 9.78. The van der Waals surface area contributed by atoms with Gasteiger partial charge in [-0.05, 0) is 33.8 Å². The number of nitriles is 1. The van der Waals surface area contributed by atoms with Crippen molar-refractivity contribution < 1.29 is 37.8 Å². The molecule has 5 atom stereocenters. The van der Waals surface area contributed by atoms with Gasteiger partial charge in [-0.15, -0.1) is 0 Å². The standard InChI is InChI=1S/C32H45N6O10P/c1-20(2)30(39)34-28-13-15-36(31(40)35-28)29-17-26(48-49(46-16-10-14-33)37(21(3)4)22(5)6)27(47-29)19-45-32(41)44-18-23(7)24-11-8-9-12-25(24)38(42)43/h8-9,11-13,15,20-23,26-27,29H,10,16-19H2,1-7H3,(H,34,35,39,40)/t23?,26-,27+,29+,49?/m0/s1. The zero-order chi connectivity index (χ0) is 36.2. The lowest BCUT2D eigenvalue weighted by molar-refractivity contribution is -0.385. The highest BCUT2D eigenvalue weighted by atomic mass is 31.2. The highest BCUT2D eigenvalue weighted by Gasteiger charge is 2.42. The number of rotatable bonds is 17. The van der Waals surface area contributed by atoms with Crippen LogP contribution in [-0.2, 0) is 28.1 Å². The molecule has 1 saturated heterocycles. The van der Waals surface area contributed by atoms with E-state index in [2.05, 4.69) is 16.4 Å². The molecule has 17 heteroatoms. The van der Waals surface area contributed by atoms with Crippen LogP contribution in [0.4, 0.5) is 16.3 Å². The second kappa shape index (κ2) is 18.7. The molecule has 1 aromatic carbocycles. The fraction of sp³-hybridized carbons (Fsp3) is 0.594.